The molecule has 1 atom stereocenters. The van der Waals surface area contributed by atoms with E-state index in [0.717, 1.165) is 12.1 Å². The molecular formula is C13H16ClF3N2O. The maximum Gasteiger partial charge on any atom is 0.417 e. The third-order valence-electron chi connectivity index (χ3n) is 2.60. The summed E-state index contributed by atoms with van der Waals surface area (Å²) in [6, 6.07) is 2.42. The van der Waals surface area contributed by atoms with Crippen molar-refractivity contribution in [2.75, 3.05) is 5.32 Å². The van der Waals surface area contributed by atoms with Gasteiger partial charge in [-0.2, -0.15) is 13.2 Å². The molecule has 1 unspecified atom stereocenters. The Bertz CT molecular complexity index is 489. The van der Waals surface area contributed by atoms with Crippen LogP contribution in [-0.4, -0.2) is 11.9 Å². The molecule has 1 aromatic carbocycles. The van der Waals surface area contributed by atoms with Crippen molar-refractivity contribution >= 4 is 23.2 Å². The van der Waals surface area contributed by atoms with Gasteiger partial charge in [-0.1, -0.05) is 25.4 Å². The highest BCUT2D eigenvalue weighted by atomic mass is 35.5. The Labute approximate surface area is 120 Å². The summed E-state index contributed by atoms with van der Waals surface area (Å²) in [6.07, 6.45) is -4.12. The Kier molecular flexibility index (Phi) is 5.42. The Hall–Kier alpha value is -1.27. The molecule has 0 heterocycles. The van der Waals surface area contributed by atoms with Crippen LogP contribution in [0.2, 0.25) is 5.02 Å². The third-order valence-corrected chi connectivity index (χ3v) is 2.93. The minimum absolute atomic E-state index is 0.0194. The van der Waals surface area contributed by atoms with Crippen LogP contribution in [0.5, 0.6) is 0 Å². The first-order valence-corrected chi connectivity index (χ1v) is 6.42. The first kappa shape index (κ1) is 16.8. The molecule has 7 heteroatoms. The Morgan fingerprint density at radius 2 is 2.00 bits per heavy atom. The van der Waals surface area contributed by atoms with Gasteiger partial charge in [0.15, 0.2) is 0 Å². The van der Waals surface area contributed by atoms with Crippen LogP contribution in [0.15, 0.2) is 18.2 Å². The van der Waals surface area contributed by atoms with Gasteiger partial charge in [-0.25, -0.2) is 0 Å². The predicted molar refractivity (Wildman–Crippen MR) is 72.5 cm³/mol. The molecule has 0 fully saturated rings. The number of nitrogens with two attached hydrogens (primary N) is 1. The summed E-state index contributed by atoms with van der Waals surface area (Å²) in [5.74, 6) is -0.305. The van der Waals surface area contributed by atoms with Crippen molar-refractivity contribution in [3.05, 3.63) is 28.8 Å². The molecular weight excluding hydrogens is 293 g/mol. The maximum absolute atomic E-state index is 12.7. The lowest BCUT2D eigenvalue weighted by molar-refractivity contribution is -0.137. The largest absolute Gasteiger partial charge is 0.417 e. The van der Waals surface area contributed by atoms with Crippen LogP contribution in [0.1, 0.15) is 25.8 Å². The smallest absolute Gasteiger partial charge is 0.325 e. The van der Waals surface area contributed by atoms with Crippen LogP contribution in [0.4, 0.5) is 18.9 Å². The average Bonchev–Trinajstić information content (AvgIpc) is 2.29. The number of carbonyl (C=O) groups is 1. The lowest BCUT2D eigenvalue weighted by atomic mass is 10.0. The summed E-state index contributed by atoms with van der Waals surface area (Å²) in [4.78, 5) is 11.7. The van der Waals surface area contributed by atoms with E-state index in [2.05, 4.69) is 5.32 Å². The van der Waals surface area contributed by atoms with E-state index < -0.39 is 28.7 Å². The van der Waals surface area contributed by atoms with E-state index >= 15 is 0 Å². The van der Waals surface area contributed by atoms with Crippen LogP contribution >= 0.6 is 11.6 Å². The number of amides is 1. The number of hydrogen-bond acceptors (Lipinski definition) is 2. The molecule has 1 rings (SSSR count). The van der Waals surface area contributed by atoms with E-state index in [4.69, 9.17) is 17.3 Å². The van der Waals surface area contributed by atoms with Gasteiger partial charge < -0.3 is 11.1 Å². The predicted octanol–water partition coefficient (Wildman–Crippen LogP) is 3.67. The normalized spacial score (nSPS) is 13.4. The van der Waals surface area contributed by atoms with Gasteiger partial charge in [-0.15, -0.1) is 0 Å². The molecule has 1 aromatic rings. The van der Waals surface area contributed by atoms with Crippen molar-refractivity contribution in [3.63, 3.8) is 0 Å². The molecule has 0 radical (unpaired) electrons. The number of rotatable bonds is 4. The van der Waals surface area contributed by atoms with E-state index in [1.54, 1.807) is 0 Å². The summed E-state index contributed by atoms with van der Waals surface area (Å²) >= 11 is 5.49. The second-order valence-electron chi connectivity index (χ2n) is 4.92. The quantitative estimate of drug-likeness (QED) is 0.891. The minimum Gasteiger partial charge on any atom is -0.325 e. The first-order valence-electron chi connectivity index (χ1n) is 6.04. The lowest BCUT2D eigenvalue weighted by Crippen LogP contribution is -2.36. The highest BCUT2D eigenvalue weighted by molar-refractivity contribution is 6.31. The van der Waals surface area contributed by atoms with Gasteiger partial charge in [-0.05, 0) is 30.5 Å². The van der Waals surface area contributed by atoms with Crippen molar-refractivity contribution < 1.29 is 18.0 Å². The third kappa shape index (κ3) is 4.68. The van der Waals surface area contributed by atoms with Crippen LogP contribution < -0.4 is 11.1 Å². The zero-order valence-electron chi connectivity index (χ0n) is 11.1. The molecule has 20 heavy (non-hydrogen) atoms. The number of benzene rings is 1. The molecule has 112 valence electrons. The van der Waals surface area contributed by atoms with E-state index in [-0.39, 0.29) is 11.6 Å². The van der Waals surface area contributed by atoms with E-state index in [1.165, 1.54) is 6.07 Å². The molecule has 0 aliphatic rings. The molecule has 0 aromatic heterocycles. The highest BCUT2D eigenvalue weighted by Crippen LogP contribution is 2.36. The number of halogens is 4. The highest BCUT2D eigenvalue weighted by Gasteiger charge is 2.33. The number of hydrogen-bond donors (Lipinski definition) is 2. The molecule has 0 saturated heterocycles. The van der Waals surface area contributed by atoms with Crippen molar-refractivity contribution in [1.82, 2.24) is 0 Å². The number of alkyl halides is 3. The number of anilines is 1. The molecule has 1 amide bonds. The molecule has 0 aliphatic heterocycles. The van der Waals surface area contributed by atoms with Gasteiger partial charge in [0.2, 0.25) is 5.91 Å². The molecule has 3 nitrogen and oxygen atoms in total. The second-order valence-corrected chi connectivity index (χ2v) is 5.32. The topological polar surface area (TPSA) is 55.1 Å². The fourth-order valence-electron chi connectivity index (χ4n) is 1.67. The summed E-state index contributed by atoms with van der Waals surface area (Å²) in [5.41, 5.74) is 4.69. The summed E-state index contributed by atoms with van der Waals surface area (Å²) in [7, 11) is 0. The zero-order chi connectivity index (χ0) is 15.5. The Balaban J connectivity index is 2.86. The fraction of sp³-hybridized carbons (Fsp3) is 0.462. The lowest BCUT2D eigenvalue weighted by Gasteiger charge is -2.15. The fourth-order valence-corrected chi connectivity index (χ4v) is 1.89. The van der Waals surface area contributed by atoms with Crippen molar-refractivity contribution in [1.29, 1.82) is 0 Å². The summed E-state index contributed by atoms with van der Waals surface area (Å²) in [5, 5.41) is 1.95. The second kappa shape index (κ2) is 6.45. The van der Waals surface area contributed by atoms with Gasteiger partial charge in [-0.3, -0.25) is 4.79 Å². The molecule has 0 bridgehead atoms. The van der Waals surface area contributed by atoms with Crippen LogP contribution in [0.25, 0.3) is 0 Å². The average molecular weight is 309 g/mol. The standard InChI is InChI=1S/C13H16ClF3N2O/c1-7(2)5-11(18)12(20)19-8-3-4-10(14)9(6-8)13(15,16)17/h3-4,6-7,11H,5,18H2,1-2H3,(H,19,20). The monoisotopic (exact) mass is 308 g/mol. The van der Waals surface area contributed by atoms with Crippen LogP contribution in [0, 0.1) is 5.92 Å². The maximum atomic E-state index is 12.7. The Morgan fingerprint density at radius 1 is 1.40 bits per heavy atom. The van der Waals surface area contributed by atoms with Gasteiger partial charge in [0, 0.05) is 5.69 Å². The Morgan fingerprint density at radius 3 is 2.50 bits per heavy atom. The van der Waals surface area contributed by atoms with Gasteiger partial charge in [0.25, 0.3) is 0 Å². The van der Waals surface area contributed by atoms with Crippen LogP contribution in [0.3, 0.4) is 0 Å². The van der Waals surface area contributed by atoms with Gasteiger partial charge >= 0.3 is 6.18 Å². The SMILES string of the molecule is CC(C)CC(N)C(=O)Nc1ccc(Cl)c(C(F)(F)F)c1. The van der Waals surface area contributed by atoms with Crippen molar-refractivity contribution in [3.8, 4) is 0 Å². The van der Waals surface area contributed by atoms with Gasteiger partial charge in [0.05, 0.1) is 16.6 Å². The number of nitrogens with one attached hydrogen (secondary N) is 1. The van der Waals surface area contributed by atoms with E-state index in [0.29, 0.717) is 6.42 Å². The van der Waals surface area contributed by atoms with Crippen molar-refractivity contribution in [2.45, 2.75) is 32.5 Å². The number of carbonyl (C=O) groups excluding carboxylic acids is 1. The van der Waals surface area contributed by atoms with Crippen LogP contribution in [-0.2, 0) is 11.0 Å². The summed E-state index contributed by atoms with van der Waals surface area (Å²) in [6.45, 7) is 3.80. The molecule has 0 spiro atoms. The van der Waals surface area contributed by atoms with E-state index in [9.17, 15) is 18.0 Å². The summed E-state index contributed by atoms with van der Waals surface area (Å²) < 4.78 is 38.0. The molecule has 0 saturated carbocycles. The van der Waals surface area contributed by atoms with Crippen molar-refractivity contribution in [2.24, 2.45) is 11.7 Å². The molecule has 0 aliphatic carbocycles. The van der Waals surface area contributed by atoms with E-state index in [1.807, 2.05) is 13.8 Å². The zero-order valence-corrected chi connectivity index (χ0v) is 11.8. The van der Waals surface area contributed by atoms with Gasteiger partial charge in [0.1, 0.15) is 0 Å². The minimum atomic E-state index is -4.57. The molecule has 3 N–H and O–H groups in total. The first-order chi connectivity index (χ1) is 9.11.